The molecule has 0 bridgehead atoms. The number of benzene rings is 2. The smallest absolute Gasteiger partial charge is 0.163 e. The summed E-state index contributed by atoms with van der Waals surface area (Å²) in [5, 5.41) is 0. The summed E-state index contributed by atoms with van der Waals surface area (Å²) in [5.74, 6) is 0.241. The van der Waals surface area contributed by atoms with Crippen LogP contribution >= 0.6 is 0 Å². The minimum atomic E-state index is 0.241. The van der Waals surface area contributed by atoms with Gasteiger partial charge in [-0.15, -0.1) is 0 Å². The summed E-state index contributed by atoms with van der Waals surface area (Å²) in [4.78, 5) is 12.4. The van der Waals surface area contributed by atoms with Gasteiger partial charge in [-0.2, -0.15) is 0 Å². The predicted octanol–water partition coefficient (Wildman–Crippen LogP) is 4.74. The van der Waals surface area contributed by atoms with Crippen LogP contribution in [0.4, 0.5) is 0 Å². The van der Waals surface area contributed by atoms with Gasteiger partial charge in [-0.3, -0.25) is 4.79 Å². The minimum Gasteiger partial charge on any atom is -0.294 e. The van der Waals surface area contributed by atoms with Crippen LogP contribution in [0.15, 0.2) is 36.4 Å². The molecule has 0 aromatic heterocycles. The fourth-order valence-corrected chi connectivity index (χ4v) is 2.74. The quantitative estimate of drug-likeness (QED) is 0.731. The molecule has 2 rings (SSSR count). The summed E-state index contributed by atoms with van der Waals surface area (Å²) < 4.78 is 0. The number of aryl methyl sites for hydroxylation is 4. The summed E-state index contributed by atoms with van der Waals surface area (Å²) in [5.41, 5.74) is 7.01. The maximum atomic E-state index is 12.4. The molecule has 20 heavy (non-hydrogen) atoms. The van der Waals surface area contributed by atoms with Crippen LogP contribution in [0, 0.1) is 27.7 Å². The molecule has 0 aliphatic carbocycles. The van der Waals surface area contributed by atoms with Crippen molar-refractivity contribution in [2.24, 2.45) is 0 Å². The number of carbonyl (C=O) groups excluding carboxylic acids is 1. The molecular weight excluding hydrogens is 244 g/mol. The van der Waals surface area contributed by atoms with Crippen LogP contribution < -0.4 is 0 Å². The molecule has 1 heteroatoms. The highest BCUT2D eigenvalue weighted by atomic mass is 16.1. The topological polar surface area (TPSA) is 17.1 Å². The monoisotopic (exact) mass is 266 g/mol. The lowest BCUT2D eigenvalue weighted by Gasteiger charge is -2.10. The molecule has 1 nitrogen and oxygen atoms in total. The van der Waals surface area contributed by atoms with Crippen molar-refractivity contribution >= 4 is 5.78 Å². The van der Waals surface area contributed by atoms with Crippen molar-refractivity contribution < 1.29 is 4.79 Å². The van der Waals surface area contributed by atoms with Crippen molar-refractivity contribution in [3.8, 4) is 0 Å². The molecule has 0 fully saturated rings. The van der Waals surface area contributed by atoms with Gasteiger partial charge in [0.25, 0.3) is 0 Å². The SMILES string of the molecule is Cc1ccc(C(=O)CCc2c(C)cccc2C)c(C)c1. The third-order valence-electron chi connectivity index (χ3n) is 3.93. The number of ketones is 1. The lowest BCUT2D eigenvalue weighted by atomic mass is 9.94. The number of hydrogen-bond acceptors (Lipinski definition) is 1. The third kappa shape index (κ3) is 3.16. The van der Waals surface area contributed by atoms with E-state index in [1.807, 2.05) is 19.1 Å². The van der Waals surface area contributed by atoms with Gasteiger partial charge >= 0.3 is 0 Å². The molecule has 0 spiro atoms. The first-order chi connectivity index (χ1) is 9.49. The largest absolute Gasteiger partial charge is 0.294 e. The molecule has 0 aliphatic heterocycles. The molecule has 0 N–H and O–H groups in total. The van der Waals surface area contributed by atoms with Crippen LogP contribution in [-0.4, -0.2) is 5.78 Å². The molecule has 0 saturated heterocycles. The predicted molar refractivity (Wildman–Crippen MR) is 84.5 cm³/mol. The highest BCUT2D eigenvalue weighted by molar-refractivity contribution is 5.97. The molecule has 2 aromatic carbocycles. The number of hydrogen-bond donors (Lipinski definition) is 0. The normalized spacial score (nSPS) is 10.6. The molecular formula is C19H22O. The number of rotatable bonds is 4. The van der Waals surface area contributed by atoms with Crippen LogP contribution in [0.5, 0.6) is 0 Å². The van der Waals surface area contributed by atoms with E-state index in [9.17, 15) is 4.79 Å². The van der Waals surface area contributed by atoms with Crippen molar-refractivity contribution in [3.05, 3.63) is 69.8 Å². The van der Waals surface area contributed by atoms with E-state index >= 15 is 0 Å². The van der Waals surface area contributed by atoms with E-state index in [4.69, 9.17) is 0 Å². The maximum absolute atomic E-state index is 12.4. The van der Waals surface area contributed by atoms with Crippen LogP contribution in [0.25, 0.3) is 0 Å². The first-order valence-corrected chi connectivity index (χ1v) is 7.14. The molecule has 2 aromatic rings. The Morgan fingerprint density at radius 1 is 0.900 bits per heavy atom. The van der Waals surface area contributed by atoms with E-state index in [0.717, 1.165) is 17.5 Å². The molecule has 0 atom stereocenters. The first kappa shape index (κ1) is 14.5. The first-order valence-electron chi connectivity index (χ1n) is 7.14. The van der Waals surface area contributed by atoms with Gasteiger partial charge in [0.05, 0.1) is 0 Å². The molecule has 0 unspecified atom stereocenters. The average molecular weight is 266 g/mol. The second-order valence-corrected chi connectivity index (χ2v) is 5.61. The van der Waals surface area contributed by atoms with Gasteiger partial charge in [0, 0.05) is 12.0 Å². The van der Waals surface area contributed by atoms with E-state index in [1.165, 1.54) is 22.3 Å². The zero-order chi connectivity index (χ0) is 14.7. The lowest BCUT2D eigenvalue weighted by Crippen LogP contribution is -2.05. The third-order valence-corrected chi connectivity index (χ3v) is 3.93. The van der Waals surface area contributed by atoms with Gasteiger partial charge in [0.15, 0.2) is 5.78 Å². The Bertz CT molecular complexity index is 618. The van der Waals surface area contributed by atoms with Crippen LogP contribution in [0.3, 0.4) is 0 Å². The van der Waals surface area contributed by atoms with Gasteiger partial charge in [-0.1, -0.05) is 42.0 Å². The summed E-state index contributed by atoms with van der Waals surface area (Å²) in [6.07, 6.45) is 1.40. The Morgan fingerprint density at radius 3 is 2.15 bits per heavy atom. The molecule has 0 saturated carbocycles. The highest BCUT2D eigenvalue weighted by Gasteiger charge is 2.11. The summed E-state index contributed by atoms with van der Waals surface area (Å²) in [6, 6.07) is 12.3. The fraction of sp³-hybridized carbons (Fsp3) is 0.316. The van der Waals surface area contributed by atoms with Crippen molar-refractivity contribution in [2.45, 2.75) is 40.5 Å². The Balaban J connectivity index is 2.13. The van der Waals surface area contributed by atoms with E-state index in [2.05, 4.69) is 45.0 Å². The summed E-state index contributed by atoms with van der Waals surface area (Å²) >= 11 is 0. The summed E-state index contributed by atoms with van der Waals surface area (Å²) in [6.45, 7) is 8.30. The van der Waals surface area contributed by atoms with Crippen LogP contribution in [0.1, 0.15) is 44.6 Å². The molecule has 0 amide bonds. The van der Waals surface area contributed by atoms with Crippen LogP contribution in [0.2, 0.25) is 0 Å². The number of carbonyl (C=O) groups is 1. The highest BCUT2D eigenvalue weighted by Crippen LogP contribution is 2.18. The van der Waals surface area contributed by atoms with E-state index < -0.39 is 0 Å². The maximum Gasteiger partial charge on any atom is 0.163 e. The van der Waals surface area contributed by atoms with Gasteiger partial charge in [0.1, 0.15) is 0 Å². The standard InChI is InChI=1S/C19H22O/c1-13-8-9-18(16(4)12-13)19(20)11-10-17-14(2)6-5-7-15(17)3/h5-9,12H,10-11H2,1-4H3. The van der Waals surface area contributed by atoms with Crippen molar-refractivity contribution in [1.82, 2.24) is 0 Å². The van der Waals surface area contributed by atoms with Crippen LogP contribution in [-0.2, 0) is 6.42 Å². The number of Topliss-reactive ketones (excluding diaryl/α,β-unsaturated/α-hetero) is 1. The average Bonchev–Trinajstić information content (AvgIpc) is 2.37. The second-order valence-electron chi connectivity index (χ2n) is 5.61. The Hall–Kier alpha value is -1.89. The molecule has 0 aliphatic rings. The fourth-order valence-electron chi connectivity index (χ4n) is 2.74. The van der Waals surface area contributed by atoms with E-state index in [0.29, 0.717) is 6.42 Å². The Morgan fingerprint density at radius 2 is 1.55 bits per heavy atom. The van der Waals surface area contributed by atoms with Crippen molar-refractivity contribution in [3.63, 3.8) is 0 Å². The Kier molecular flexibility index (Phi) is 4.39. The van der Waals surface area contributed by atoms with E-state index in [-0.39, 0.29) is 5.78 Å². The van der Waals surface area contributed by atoms with Crippen molar-refractivity contribution in [1.29, 1.82) is 0 Å². The van der Waals surface area contributed by atoms with Gasteiger partial charge in [0.2, 0.25) is 0 Å². The van der Waals surface area contributed by atoms with Crippen molar-refractivity contribution in [2.75, 3.05) is 0 Å². The van der Waals surface area contributed by atoms with E-state index in [1.54, 1.807) is 0 Å². The zero-order valence-electron chi connectivity index (χ0n) is 12.8. The zero-order valence-corrected chi connectivity index (χ0v) is 12.8. The Labute approximate surface area is 121 Å². The summed E-state index contributed by atoms with van der Waals surface area (Å²) in [7, 11) is 0. The minimum absolute atomic E-state index is 0.241. The molecule has 104 valence electrons. The van der Waals surface area contributed by atoms with Gasteiger partial charge < -0.3 is 0 Å². The van der Waals surface area contributed by atoms with Gasteiger partial charge in [-0.05, 0) is 56.4 Å². The second kappa shape index (κ2) is 6.04. The van der Waals surface area contributed by atoms with Gasteiger partial charge in [-0.25, -0.2) is 0 Å². The molecule has 0 heterocycles. The molecule has 0 radical (unpaired) electrons. The lowest BCUT2D eigenvalue weighted by molar-refractivity contribution is 0.0982.